The smallest absolute Gasteiger partial charge is 0.409 e. The molecule has 0 saturated carbocycles. The van der Waals surface area contributed by atoms with E-state index in [0.717, 1.165) is 20.9 Å². The van der Waals surface area contributed by atoms with Crippen LogP contribution in [0, 0.1) is 0 Å². The molecule has 0 unspecified atom stereocenters. The second-order valence-electron chi connectivity index (χ2n) is 5.05. The van der Waals surface area contributed by atoms with Crippen LogP contribution in [0.3, 0.4) is 0 Å². The second kappa shape index (κ2) is 6.04. The standard InChI is InChI=1S/C15H16BrN5O2/c1-3-21(15(22)23-2)7-11-19-12-9-6-8(16)4-5-10(9)18-14(17)13(12)20-11/h4-6H,3,7H2,1-2H3,(H2,17,18)(H,19,20). The van der Waals surface area contributed by atoms with E-state index in [9.17, 15) is 4.79 Å². The van der Waals surface area contributed by atoms with Gasteiger partial charge in [-0.25, -0.2) is 14.8 Å². The first-order valence-electron chi connectivity index (χ1n) is 7.09. The zero-order valence-corrected chi connectivity index (χ0v) is 14.3. The molecule has 1 aromatic carbocycles. The largest absolute Gasteiger partial charge is 0.453 e. The predicted octanol–water partition coefficient (Wildman–Crippen LogP) is 3.04. The molecular weight excluding hydrogens is 362 g/mol. The monoisotopic (exact) mass is 377 g/mol. The molecule has 0 aliphatic rings. The molecule has 8 heteroatoms. The van der Waals surface area contributed by atoms with E-state index in [2.05, 4.69) is 30.9 Å². The maximum Gasteiger partial charge on any atom is 0.409 e. The number of fused-ring (bicyclic) bond motifs is 3. The molecule has 3 rings (SSSR count). The van der Waals surface area contributed by atoms with E-state index >= 15 is 0 Å². The SMILES string of the molecule is CCN(Cc1nc2c([nH]1)c(N)nc1ccc(Br)cc12)C(=O)OC. The Balaban J connectivity index is 2.10. The first kappa shape index (κ1) is 15.5. The van der Waals surface area contributed by atoms with Gasteiger partial charge in [0.25, 0.3) is 0 Å². The summed E-state index contributed by atoms with van der Waals surface area (Å²) in [6, 6.07) is 5.74. The number of rotatable bonds is 3. The summed E-state index contributed by atoms with van der Waals surface area (Å²) < 4.78 is 5.70. The van der Waals surface area contributed by atoms with Gasteiger partial charge in [-0.05, 0) is 25.1 Å². The Hall–Kier alpha value is -2.35. The molecular formula is C15H16BrN5O2. The highest BCUT2D eigenvalue weighted by molar-refractivity contribution is 9.10. The highest BCUT2D eigenvalue weighted by atomic mass is 79.9. The predicted molar refractivity (Wildman–Crippen MR) is 92.0 cm³/mol. The number of aromatic amines is 1. The Kier molecular flexibility index (Phi) is 4.08. The van der Waals surface area contributed by atoms with Gasteiger partial charge in [-0.1, -0.05) is 15.9 Å². The van der Waals surface area contributed by atoms with E-state index < -0.39 is 6.09 Å². The third-order valence-corrected chi connectivity index (χ3v) is 4.11. The summed E-state index contributed by atoms with van der Waals surface area (Å²) in [5.74, 6) is 1.02. The number of amides is 1. The fraction of sp³-hybridized carbons (Fsp3) is 0.267. The summed E-state index contributed by atoms with van der Waals surface area (Å²) in [5, 5.41) is 0.896. The number of anilines is 1. The third kappa shape index (κ3) is 2.81. The van der Waals surface area contributed by atoms with E-state index in [4.69, 9.17) is 10.5 Å². The van der Waals surface area contributed by atoms with Crippen LogP contribution in [0.15, 0.2) is 22.7 Å². The molecule has 3 N–H and O–H groups in total. The van der Waals surface area contributed by atoms with Gasteiger partial charge in [0, 0.05) is 16.4 Å². The molecule has 0 atom stereocenters. The van der Waals surface area contributed by atoms with Crippen LogP contribution >= 0.6 is 15.9 Å². The number of nitrogens with two attached hydrogens (primary N) is 1. The highest BCUT2D eigenvalue weighted by Crippen LogP contribution is 2.28. The zero-order valence-electron chi connectivity index (χ0n) is 12.8. The lowest BCUT2D eigenvalue weighted by Crippen LogP contribution is -2.30. The van der Waals surface area contributed by atoms with E-state index in [1.807, 2.05) is 25.1 Å². The average molecular weight is 378 g/mol. The van der Waals surface area contributed by atoms with Gasteiger partial charge in [-0.2, -0.15) is 0 Å². The van der Waals surface area contributed by atoms with Crippen LogP contribution in [0.25, 0.3) is 21.9 Å². The van der Waals surface area contributed by atoms with Crippen LogP contribution in [-0.4, -0.2) is 39.6 Å². The van der Waals surface area contributed by atoms with Crippen molar-refractivity contribution in [1.29, 1.82) is 0 Å². The van der Waals surface area contributed by atoms with E-state index in [0.29, 0.717) is 30.2 Å². The lowest BCUT2D eigenvalue weighted by Gasteiger charge is -2.17. The first-order chi connectivity index (χ1) is 11.0. The fourth-order valence-corrected chi connectivity index (χ4v) is 2.83. The van der Waals surface area contributed by atoms with Crippen LogP contribution in [-0.2, 0) is 11.3 Å². The summed E-state index contributed by atoms with van der Waals surface area (Å²) in [5.41, 5.74) is 8.21. The number of nitrogens with zero attached hydrogens (tertiary/aromatic N) is 3. The zero-order chi connectivity index (χ0) is 16.6. The molecule has 0 saturated heterocycles. The van der Waals surface area contributed by atoms with Crippen molar-refractivity contribution in [2.75, 3.05) is 19.4 Å². The number of benzene rings is 1. The quantitative estimate of drug-likeness (QED) is 0.730. The minimum absolute atomic E-state index is 0.312. The van der Waals surface area contributed by atoms with Gasteiger partial charge in [-0.15, -0.1) is 0 Å². The Morgan fingerprint density at radius 3 is 2.91 bits per heavy atom. The maximum atomic E-state index is 11.7. The molecule has 0 spiro atoms. The van der Waals surface area contributed by atoms with Crippen LogP contribution in [0.4, 0.5) is 10.6 Å². The van der Waals surface area contributed by atoms with Gasteiger partial charge in [0.05, 0.1) is 19.2 Å². The number of nitrogen functional groups attached to an aromatic ring is 1. The lowest BCUT2D eigenvalue weighted by molar-refractivity contribution is 0.122. The number of halogens is 1. The van der Waals surface area contributed by atoms with Crippen molar-refractivity contribution in [1.82, 2.24) is 19.9 Å². The lowest BCUT2D eigenvalue weighted by atomic mass is 10.2. The number of imidazole rings is 1. The number of pyridine rings is 1. The minimum atomic E-state index is -0.397. The molecule has 0 fully saturated rings. The Morgan fingerprint density at radius 1 is 1.43 bits per heavy atom. The van der Waals surface area contributed by atoms with Crippen LogP contribution in [0.1, 0.15) is 12.7 Å². The minimum Gasteiger partial charge on any atom is -0.453 e. The van der Waals surface area contributed by atoms with E-state index in [1.54, 1.807) is 4.90 Å². The van der Waals surface area contributed by atoms with Crippen molar-refractivity contribution in [3.05, 3.63) is 28.5 Å². The van der Waals surface area contributed by atoms with Gasteiger partial charge in [0.1, 0.15) is 22.7 Å². The maximum absolute atomic E-state index is 11.7. The summed E-state index contributed by atoms with van der Waals surface area (Å²) >= 11 is 3.46. The molecule has 0 radical (unpaired) electrons. The summed E-state index contributed by atoms with van der Waals surface area (Å²) in [4.78, 5) is 25.4. The van der Waals surface area contributed by atoms with E-state index in [-0.39, 0.29) is 0 Å². The van der Waals surface area contributed by atoms with Gasteiger partial charge >= 0.3 is 6.09 Å². The summed E-state index contributed by atoms with van der Waals surface area (Å²) in [6.07, 6.45) is -0.397. The van der Waals surface area contributed by atoms with Crippen LogP contribution in [0.2, 0.25) is 0 Å². The van der Waals surface area contributed by atoms with Crippen molar-refractivity contribution < 1.29 is 9.53 Å². The Morgan fingerprint density at radius 2 is 2.22 bits per heavy atom. The van der Waals surface area contributed by atoms with Gasteiger partial charge < -0.3 is 20.4 Å². The van der Waals surface area contributed by atoms with Gasteiger partial charge in [-0.3, -0.25) is 0 Å². The summed E-state index contributed by atoms with van der Waals surface area (Å²) in [6.45, 7) is 2.71. The molecule has 7 nitrogen and oxygen atoms in total. The molecule has 1 amide bonds. The Labute approximate surface area is 141 Å². The number of ether oxygens (including phenoxy) is 1. The molecule has 23 heavy (non-hydrogen) atoms. The fourth-order valence-electron chi connectivity index (χ4n) is 2.47. The Bertz CT molecular complexity index is 892. The third-order valence-electron chi connectivity index (χ3n) is 3.62. The number of carbonyl (C=O) groups excluding carboxylic acids is 1. The molecule has 0 aliphatic heterocycles. The first-order valence-corrected chi connectivity index (χ1v) is 7.89. The van der Waals surface area contributed by atoms with Crippen molar-refractivity contribution >= 4 is 49.8 Å². The number of hydrogen-bond donors (Lipinski definition) is 2. The normalized spacial score (nSPS) is 11.1. The number of methoxy groups -OCH3 is 1. The molecule has 2 aromatic heterocycles. The highest BCUT2D eigenvalue weighted by Gasteiger charge is 2.17. The van der Waals surface area contributed by atoms with Gasteiger partial charge in [0.2, 0.25) is 0 Å². The van der Waals surface area contributed by atoms with Crippen molar-refractivity contribution in [3.8, 4) is 0 Å². The summed E-state index contributed by atoms with van der Waals surface area (Å²) in [7, 11) is 1.36. The number of carbonyl (C=O) groups is 1. The average Bonchev–Trinajstić information content (AvgIpc) is 2.97. The molecule has 120 valence electrons. The van der Waals surface area contributed by atoms with Crippen LogP contribution in [0.5, 0.6) is 0 Å². The number of aromatic nitrogens is 3. The number of H-pyrrole nitrogens is 1. The van der Waals surface area contributed by atoms with Crippen molar-refractivity contribution in [3.63, 3.8) is 0 Å². The van der Waals surface area contributed by atoms with Crippen molar-refractivity contribution in [2.24, 2.45) is 0 Å². The van der Waals surface area contributed by atoms with Crippen LogP contribution < -0.4 is 5.73 Å². The van der Waals surface area contributed by atoms with Gasteiger partial charge in [0.15, 0.2) is 0 Å². The molecule has 0 aliphatic carbocycles. The number of hydrogen-bond acceptors (Lipinski definition) is 5. The molecule has 0 bridgehead atoms. The van der Waals surface area contributed by atoms with Crippen molar-refractivity contribution in [2.45, 2.75) is 13.5 Å². The topological polar surface area (TPSA) is 97.1 Å². The number of nitrogens with one attached hydrogen (secondary N) is 1. The molecule has 2 heterocycles. The van der Waals surface area contributed by atoms with E-state index in [1.165, 1.54) is 7.11 Å². The molecule has 3 aromatic rings. The second-order valence-corrected chi connectivity index (χ2v) is 5.97.